The molecule has 0 aliphatic heterocycles. The van der Waals surface area contributed by atoms with Gasteiger partial charge in [0.15, 0.2) is 29.7 Å². The number of carbonyl (C=O) groups excluding carboxylic acids is 2. The van der Waals surface area contributed by atoms with Crippen molar-refractivity contribution in [3.63, 3.8) is 0 Å². The zero-order valence-electron chi connectivity index (χ0n) is 16.2. The molecule has 8 heteroatoms. The van der Waals surface area contributed by atoms with Gasteiger partial charge in [0, 0.05) is 17.8 Å². The van der Waals surface area contributed by atoms with Crippen LogP contribution in [0.2, 0.25) is 0 Å². The molecule has 2 aromatic rings. The third-order valence-electron chi connectivity index (χ3n) is 3.51. The summed E-state index contributed by atoms with van der Waals surface area (Å²) in [5, 5.41) is 2.30. The molecular weight excluding hydrogens is 384 g/mol. The van der Waals surface area contributed by atoms with Crippen LogP contribution in [0.25, 0.3) is 6.08 Å². The third-order valence-corrected chi connectivity index (χ3v) is 3.51. The minimum Gasteiger partial charge on any atom is -0.493 e. The molecule has 6 nitrogen and oxygen atoms in total. The maximum atomic E-state index is 13.1. The molecule has 0 unspecified atom stereocenters. The zero-order chi connectivity index (χ0) is 21.4. The van der Waals surface area contributed by atoms with E-state index in [9.17, 15) is 18.4 Å². The number of hydrogen-bond donors (Lipinski definition) is 1. The normalized spacial score (nSPS) is 10.8. The summed E-state index contributed by atoms with van der Waals surface area (Å²) in [7, 11) is 1.51. The fraction of sp³-hybridized carbons (Fsp3) is 0.238. The largest absolute Gasteiger partial charge is 0.493 e. The molecule has 154 valence electrons. The summed E-state index contributed by atoms with van der Waals surface area (Å²) in [5.74, 6) is -2.46. The molecule has 0 saturated carbocycles. The average molecular weight is 405 g/mol. The first kappa shape index (κ1) is 21.9. The minimum absolute atomic E-state index is 0.0159. The number of nitrogens with one attached hydrogen (secondary N) is 1. The number of rotatable bonds is 8. The van der Waals surface area contributed by atoms with E-state index in [1.807, 2.05) is 13.8 Å². The van der Waals surface area contributed by atoms with Gasteiger partial charge in [-0.1, -0.05) is 6.07 Å². The van der Waals surface area contributed by atoms with E-state index in [1.165, 1.54) is 19.3 Å². The second-order valence-corrected chi connectivity index (χ2v) is 6.20. The lowest BCUT2D eigenvalue weighted by Gasteiger charge is -2.13. The number of hydrogen-bond acceptors (Lipinski definition) is 5. The Morgan fingerprint density at radius 1 is 1.07 bits per heavy atom. The number of methoxy groups -OCH3 is 1. The Bertz CT molecular complexity index is 912. The number of esters is 1. The second kappa shape index (κ2) is 10.2. The molecule has 0 saturated heterocycles. The molecule has 0 atom stereocenters. The first-order valence-electron chi connectivity index (χ1n) is 8.73. The molecule has 2 aromatic carbocycles. The Balaban J connectivity index is 1.88. The molecule has 0 spiro atoms. The highest BCUT2D eigenvalue weighted by Gasteiger charge is 2.09. The highest BCUT2D eigenvalue weighted by atomic mass is 19.2. The number of halogens is 2. The standard InChI is InChI=1S/C21H21F2NO5/c1-13(2)29-18-8-4-14(10-19(18)27-3)5-9-21(26)28-12-20(25)24-15-6-7-16(22)17(23)11-15/h4-11,13H,12H2,1-3H3,(H,24,25)/b9-5+. The summed E-state index contributed by atoms with van der Waals surface area (Å²) in [6.45, 7) is 3.21. The molecule has 1 N–H and O–H groups in total. The highest BCUT2D eigenvalue weighted by molar-refractivity contribution is 5.94. The molecule has 0 aromatic heterocycles. The van der Waals surface area contributed by atoms with Crippen LogP contribution in [0.1, 0.15) is 19.4 Å². The van der Waals surface area contributed by atoms with Crippen molar-refractivity contribution in [3.05, 3.63) is 59.7 Å². The number of anilines is 1. The quantitative estimate of drug-likeness (QED) is 0.532. The summed E-state index contributed by atoms with van der Waals surface area (Å²) in [5.41, 5.74) is 0.720. The van der Waals surface area contributed by atoms with Gasteiger partial charge in [-0.25, -0.2) is 13.6 Å². The Morgan fingerprint density at radius 2 is 1.83 bits per heavy atom. The summed E-state index contributed by atoms with van der Waals surface area (Å²) in [6.07, 6.45) is 2.64. The van der Waals surface area contributed by atoms with Crippen LogP contribution in [-0.4, -0.2) is 31.7 Å². The molecule has 0 aliphatic carbocycles. The van der Waals surface area contributed by atoms with Gasteiger partial charge in [0.2, 0.25) is 0 Å². The lowest BCUT2D eigenvalue weighted by Crippen LogP contribution is -2.20. The molecule has 2 rings (SSSR count). The third kappa shape index (κ3) is 6.91. The van der Waals surface area contributed by atoms with Crippen molar-refractivity contribution in [2.75, 3.05) is 19.0 Å². The molecule has 0 heterocycles. The zero-order valence-corrected chi connectivity index (χ0v) is 16.2. The van der Waals surface area contributed by atoms with Crippen LogP contribution in [0.3, 0.4) is 0 Å². The van der Waals surface area contributed by atoms with Gasteiger partial charge in [-0.2, -0.15) is 0 Å². The van der Waals surface area contributed by atoms with Crippen LogP contribution in [0.5, 0.6) is 11.5 Å². The first-order chi connectivity index (χ1) is 13.8. The second-order valence-electron chi connectivity index (χ2n) is 6.20. The Morgan fingerprint density at radius 3 is 2.48 bits per heavy atom. The monoisotopic (exact) mass is 405 g/mol. The van der Waals surface area contributed by atoms with E-state index >= 15 is 0 Å². The van der Waals surface area contributed by atoms with Crippen molar-refractivity contribution in [2.24, 2.45) is 0 Å². The van der Waals surface area contributed by atoms with E-state index in [0.29, 0.717) is 17.1 Å². The molecule has 1 amide bonds. The van der Waals surface area contributed by atoms with E-state index in [4.69, 9.17) is 14.2 Å². The van der Waals surface area contributed by atoms with Gasteiger partial charge >= 0.3 is 5.97 Å². The highest BCUT2D eigenvalue weighted by Crippen LogP contribution is 2.29. The fourth-order valence-electron chi connectivity index (χ4n) is 2.26. The summed E-state index contributed by atoms with van der Waals surface area (Å²) < 4.78 is 41.7. The summed E-state index contributed by atoms with van der Waals surface area (Å²) in [4.78, 5) is 23.5. The molecule has 0 fully saturated rings. The van der Waals surface area contributed by atoms with Gasteiger partial charge in [-0.3, -0.25) is 4.79 Å². The maximum Gasteiger partial charge on any atom is 0.331 e. The Hall–Kier alpha value is -3.42. The number of carbonyl (C=O) groups is 2. The molecule has 0 bridgehead atoms. The van der Waals surface area contributed by atoms with Gasteiger partial charge < -0.3 is 19.5 Å². The van der Waals surface area contributed by atoms with Crippen LogP contribution in [0.4, 0.5) is 14.5 Å². The van der Waals surface area contributed by atoms with Crippen molar-refractivity contribution >= 4 is 23.6 Å². The van der Waals surface area contributed by atoms with Crippen LogP contribution in [-0.2, 0) is 14.3 Å². The van der Waals surface area contributed by atoms with E-state index in [1.54, 1.807) is 18.2 Å². The van der Waals surface area contributed by atoms with Crippen LogP contribution < -0.4 is 14.8 Å². The van der Waals surface area contributed by atoms with Crippen molar-refractivity contribution in [3.8, 4) is 11.5 Å². The van der Waals surface area contributed by atoms with Crippen LogP contribution in [0.15, 0.2) is 42.5 Å². The summed E-state index contributed by atoms with van der Waals surface area (Å²) in [6, 6.07) is 8.05. The Labute approximate surface area is 167 Å². The molecule has 0 aliphatic rings. The van der Waals surface area contributed by atoms with Crippen LogP contribution >= 0.6 is 0 Å². The van der Waals surface area contributed by atoms with Gasteiger partial charge in [0.25, 0.3) is 5.91 Å². The fourth-order valence-corrected chi connectivity index (χ4v) is 2.26. The molecular formula is C21H21F2NO5. The maximum absolute atomic E-state index is 13.1. The smallest absolute Gasteiger partial charge is 0.331 e. The number of benzene rings is 2. The lowest BCUT2D eigenvalue weighted by molar-refractivity contribution is -0.142. The van der Waals surface area contributed by atoms with Crippen molar-refractivity contribution in [2.45, 2.75) is 20.0 Å². The van der Waals surface area contributed by atoms with Crippen molar-refractivity contribution < 1.29 is 32.6 Å². The average Bonchev–Trinajstić information content (AvgIpc) is 2.68. The van der Waals surface area contributed by atoms with Gasteiger partial charge in [-0.05, 0) is 49.8 Å². The molecule has 0 radical (unpaired) electrons. The van der Waals surface area contributed by atoms with Gasteiger partial charge in [0.1, 0.15) is 0 Å². The SMILES string of the molecule is COc1cc(/C=C/C(=O)OCC(=O)Nc2ccc(F)c(F)c2)ccc1OC(C)C. The predicted octanol–water partition coefficient (Wildman–Crippen LogP) is 3.96. The number of ether oxygens (including phenoxy) is 3. The lowest BCUT2D eigenvalue weighted by atomic mass is 10.2. The van der Waals surface area contributed by atoms with Crippen LogP contribution in [0, 0.1) is 11.6 Å². The topological polar surface area (TPSA) is 73.9 Å². The first-order valence-corrected chi connectivity index (χ1v) is 8.73. The van der Waals surface area contributed by atoms with E-state index in [-0.39, 0.29) is 11.8 Å². The van der Waals surface area contributed by atoms with Crippen molar-refractivity contribution in [1.82, 2.24) is 0 Å². The Kier molecular flexibility index (Phi) is 7.70. The predicted molar refractivity (Wildman–Crippen MR) is 104 cm³/mol. The van der Waals surface area contributed by atoms with E-state index in [2.05, 4.69) is 5.32 Å². The van der Waals surface area contributed by atoms with Gasteiger partial charge in [-0.15, -0.1) is 0 Å². The van der Waals surface area contributed by atoms with Gasteiger partial charge in [0.05, 0.1) is 13.2 Å². The van der Waals surface area contributed by atoms with E-state index < -0.39 is 30.1 Å². The summed E-state index contributed by atoms with van der Waals surface area (Å²) >= 11 is 0. The number of amides is 1. The van der Waals surface area contributed by atoms with Crippen molar-refractivity contribution in [1.29, 1.82) is 0 Å². The van der Waals surface area contributed by atoms with E-state index in [0.717, 1.165) is 18.2 Å². The molecule has 29 heavy (non-hydrogen) atoms. The minimum atomic E-state index is -1.09.